The lowest BCUT2D eigenvalue weighted by Gasteiger charge is -2.13. The van der Waals surface area contributed by atoms with Gasteiger partial charge in [-0.15, -0.1) is 0 Å². The van der Waals surface area contributed by atoms with E-state index < -0.39 is 0 Å². The van der Waals surface area contributed by atoms with Crippen molar-refractivity contribution in [2.45, 2.75) is 33.1 Å². The van der Waals surface area contributed by atoms with Crippen LogP contribution in [0.4, 0.5) is 0 Å². The zero-order valence-electron chi connectivity index (χ0n) is 18.2. The maximum absolute atomic E-state index is 5.92. The van der Waals surface area contributed by atoms with E-state index in [2.05, 4.69) is 41.8 Å². The van der Waals surface area contributed by atoms with Gasteiger partial charge < -0.3 is 24.8 Å². The molecule has 2 aromatic carbocycles. The zero-order valence-corrected chi connectivity index (χ0v) is 18.2. The van der Waals surface area contributed by atoms with E-state index in [0.717, 1.165) is 25.5 Å². The maximum Gasteiger partial charge on any atom is 0.191 e. The molecule has 0 aliphatic rings. The maximum atomic E-state index is 5.92. The van der Waals surface area contributed by atoms with Gasteiger partial charge in [0.15, 0.2) is 5.96 Å². The van der Waals surface area contributed by atoms with Crippen molar-refractivity contribution in [1.82, 2.24) is 10.6 Å². The third kappa shape index (κ3) is 9.87. The number of hydrogen-bond donors (Lipinski definition) is 2. The van der Waals surface area contributed by atoms with Crippen molar-refractivity contribution in [3.8, 4) is 0 Å². The molecule has 0 aromatic heterocycles. The fourth-order valence-corrected chi connectivity index (χ4v) is 2.84. The van der Waals surface area contributed by atoms with Crippen LogP contribution in [0.3, 0.4) is 0 Å². The Morgan fingerprint density at radius 3 is 2.37 bits per heavy atom. The average Bonchev–Trinajstić information content (AvgIpc) is 2.78. The van der Waals surface area contributed by atoms with Crippen molar-refractivity contribution in [2.24, 2.45) is 4.99 Å². The Kier molecular flexibility index (Phi) is 12.3. The van der Waals surface area contributed by atoms with Gasteiger partial charge in [-0.25, -0.2) is 4.99 Å². The first-order valence-corrected chi connectivity index (χ1v) is 10.6. The van der Waals surface area contributed by atoms with Crippen LogP contribution in [0.5, 0.6) is 0 Å². The van der Waals surface area contributed by atoms with Crippen LogP contribution >= 0.6 is 0 Å². The summed E-state index contributed by atoms with van der Waals surface area (Å²) in [4.78, 5) is 4.74. The van der Waals surface area contributed by atoms with Crippen LogP contribution in [-0.2, 0) is 34.0 Å². The highest BCUT2D eigenvalue weighted by molar-refractivity contribution is 5.79. The SMILES string of the molecule is CCNC(=NCc1ccccc1COCc1ccccc1)NCCCOCCOC. The first kappa shape index (κ1) is 23.9. The van der Waals surface area contributed by atoms with Gasteiger partial charge in [0.2, 0.25) is 0 Å². The Morgan fingerprint density at radius 2 is 1.60 bits per heavy atom. The Balaban J connectivity index is 1.81. The molecule has 6 heteroatoms. The summed E-state index contributed by atoms with van der Waals surface area (Å²) in [5, 5.41) is 6.66. The van der Waals surface area contributed by atoms with Gasteiger partial charge in [-0.05, 0) is 30.0 Å². The first-order chi connectivity index (χ1) is 14.8. The molecule has 6 nitrogen and oxygen atoms in total. The second-order valence-electron chi connectivity index (χ2n) is 6.83. The highest BCUT2D eigenvalue weighted by atomic mass is 16.5. The Hall–Kier alpha value is -2.41. The average molecular weight is 414 g/mol. The molecule has 0 atom stereocenters. The molecular formula is C24H35N3O3. The van der Waals surface area contributed by atoms with Crippen LogP contribution in [0.15, 0.2) is 59.6 Å². The summed E-state index contributed by atoms with van der Waals surface area (Å²) in [6, 6.07) is 18.5. The minimum absolute atomic E-state index is 0.573. The summed E-state index contributed by atoms with van der Waals surface area (Å²) in [7, 11) is 1.68. The Morgan fingerprint density at radius 1 is 0.833 bits per heavy atom. The van der Waals surface area contributed by atoms with Crippen molar-refractivity contribution in [3.63, 3.8) is 0 Å². The predicted molar refractivity (Wildman–Crippen MR) is 122 cm³/mol. The molecule has 2 N–H and O–H groups in total. The molecule has 0 aliphatic heterocycles. The smallest absolute Gasteiger partial charge is 0.191 e. The molecule has 0 radical (unpaired) electrons. The monoisotopic (exact) mass is 413 g/mol. The third-order valence-corrected chi connectivity index (χ3v) is 4.43. The van der Waals surface area contributed by atoms with Crippen molar-refractivity contribution in [1.29, 1.82) is 0 Å². The normalized spacial score (nSPS) is 11.5. The number of hydrogen-bond acceptors (Lipinski definition) is 4. The summed E-state index contributed by atoms with van der Waals surface area (Å²) in [6.45, 7) is 7.44. The van der Waals surface area contributed by atoms with Gasteiger partial charge in [0.05, 0.1) is 33.0 Å². The minimum atomic E-state index is 0.573. The van der Waals surface area contributed by atoms with Gasteiger partial charge >= 0.3 is 0 Å². The van der Waals surface area contributed by atoms with Crippen LogP contribution in [0.1, 0.15) is 30.0 Å². The van der Waals surface area contributed by atoms with E-state index in [4.69, 9.17) is 19.2 Å². The molecule has 0 heterocycles. The van der Waals surface area contributed by atoms with E-state index in [-0.39, 0.29) is 0 Å². The van der Waals surface area contributed by atoms with Gasteiger partial charge in [0.25, 0.3) is 0 Å². The predicted octanol–water partition coefficient (Wildman–Crippen LogP) is 3.51. The van der Waals surface area contributed by atoms with E-state index in [9.17, 15) is 0 Å². The van der Waals surface area contributed by atoms with E-state index in [1.165, 1.54) is 16.7 Å². The van der Waals surface area contributed by atoms with Gasteiger partial charge in [-0.1, -0.05) is 54.6 Å². The third-order valence-electron chi connectivity index (χ3n) is 4.43. The molecule has 0 bridgehead atoms. The second-order valence-corrected chi connectivity index (χ2v) is 6.83. The molecule has 30 heavy (non-hydrogen) atoms. The van der Waals surface area contributed by atoms with Crippen LogP contribution < -0.4 is 10.6 Å². The van der Waals surface area contributed by atoms with Gasteiger partial charge in [-0.3, -0.25) is 0 Å². The van der Waals surface area contributed by atoms with Crippen LogP contribution in [0.2, 0.25) is 0 Å². The number of aliphatic imine (C=N–C) groups is 1. The number of benzene rings is 2. The van der Waals surface area contributed by atoms with E-state index in [1.807, 2.05) is 30.3 Å². The van der Waals surface area contributed by atoms with Gasteiger partial charge in [0, 0.05) is 26.8 Å². The molecule has 0 saturated carbocycles. The number of nitrogens with zero attached hydrogens (tertiary/aromatic N) is 1. The number of ether oxygens (including phenoxy) is 3. The minimum Gasteiger partial charge on any atom is -0.382 e. The van der Waals surface area contributed by atoms with E-state index >= 15 is 0 Å². The summed E-state index contributed by atoms with van der Waals surface area (Å²) in [5.41, 5.74) is 3.52. The molecule has 0 spiro atoms. The molecule has 0 aliphatic carbocycles. The summed E-state index contributed by atoms with van der Waals surface area (Å²) in [5.74, 6) is 0.814. The highest BCUT2D eigenvalue weighted by Gasteiger charge is 2.04. The topological polar surface area (TPSA) is 64.1 Å². The number of guanidine groups is 1. The van der Waals surface area contributed by atoms with Gasteiger partial charge in [-0.2, -0.15) is 0 Å². The van der Waals surface area contributed by atoms with Crippen LogP contribution in [0, 0.1) is 0 Å². The molecule has 0 fully saturated rings. The Labute approximate surface area is 180 Å². The zero-order chi connectivity index (χ0) is 21.3. The fourth-order valence-electron chi connectivity index (χ4n) is 2.84. The van der Waals surface area contributed by atoms with Crippen molar-refractivity contribution in [2.75, 3.05) is 40.0 Å². The largest absolute Gasteiger partial charge is 0.382 e. The molecular weight excluding hydrogens is 378 g/mol. The molecule has 2 rings (SSSR count). The fraction of sp³-hybridized carbons (Fsp3) is 0.458. The summed E-state index contributed by atoms with van der Waals surface area (Å²) >= 11 is 0. The van der Waals surface area contributed by atoms with E-state index in [0.29, 0.717) is 39.6 Å². The number of rotatable bonds is 14. The first-order valence-electron chi connectivity index (χ1n) is 10.6. The molecule has 2 aromatic rings. The molecule has 0 amide bonds. The lowest BCUT2D eigenvalue weighted by atomic mass is 10.1. The lowest BCUT2D eigenvalue weighted by molar-refractivity contribution is 0.0698. The molecule has 164 valence electrons. The van der Waals surface area contributed by atoms with Crippen LogP contribution in [0.25, 0.3) is 0 Å². The van der Waals surface area contributed by atoms with Crippen molar-refractivity contribution < 1.29 is 14.2 Å². The van der Waals surface area contributed by atoms with Crippen molar-refractivity contribution >= 4 is 5.96 Å². The van der Waals surface area contributed by atoms with Crippen molar-refractivity contribution in [3.05, 3.63) is 71.3 Å². The van der Waals surface area contributed by atoms with Crippen LogP contribution in [-0.4, -0.2) is 46.0 Å². The Bertz CT molecular complexity index is 723. The molecule has 0 unspecified atom stereocenters. The highest BCUT2D eigenvalue weighted by Crippen LogP contribution is 2.13. The standard InChI is InChI=1S/C24H35N3O3/c1-3-25-24(26-14-9-15-29-17-16-28-2)27-18-22-12-7-8-13-23(22)20-30-19-21-10-5-4-6-11-21/h4-8,10-13H,3,9,14-20H2,1-2H3,(H2,25,26,27). The summed E-state index contributed by atoms with van der Waals surface area (Å²) in [6.07, 6.45) is 0.915. The number of methoxy groups -OCH3 is 1. The number of nitrogens with one attached hydrogen (secondary N) is 2. The van der Waals surface area contributed by atoms with Gasteiger partial charge in [0.1, 0.15) is 0 Å². The molecule has 0 saturated heterocycles. The van der Waals surface area contributed by atoms with E-state index in [1.54, 1.807) is 7.11 Å². The quantitative estimate of drug-likeness (QED) is 0.282. The summed E-state index contributed by atoms with van der Waals surface area (Å²) < 4.78 is 16.4. The second kappa shape index (κ2) is 15.4. The lowest BCUT2D eigenvalue weighted by Crippen LogP contribution is -2.38.